The molecule has 2 N–H and O–H groups in total. The molecule has 1 heterocycles. The maximum Gasteiger partial charge on any atom is 0.327 e. The lowest BCUT2D eigenvalue weighted by Crippen LogP contribution is -2.44. The number of aliphatic carboxylic acids is 1. The molecule has 9 heteroatoms. The van der Waals surface area contributed by atoms with Crippen LogP contribution >= 0.6 is 0 Å². The fourth-order valence-corrected chi connectivity index (χ4v) is 3.15. The number of amides is 1. The second kappa shape index (κ2) is 6.51. The van der Waals surface area contributed by atoms with E-state index in [9.17, 15) is 18.0 Å². The third-order valence-electron chi connectivity index (χ3n) is 2.49. The van der Waals surface area contributed by atoms with Gasteiger partial charge in [-0.05, 0) is 6.92 Å². The van der Waals surface area contributed by atoms with E-state index in [2.05, 4.69) is 10.4 Å². The van der Waals surface area contributed by atoms with Crippen LogP contribution < -0.4 is 5.32 Å². The monoisotopic (exact) mass is 303 g/mol. The molecule has 0 aliphatic carbocycles. The molecule has 0 aromatic carbocycles. The van der Waals surface area contributed by atoms with Gasteiger partial charge in [-0.3, -0.25) is 9.48 Å². The van der Waals surface area contributed by atoms with Gasteiger partial charge in [0, 0.05) is 25.2 Å². The first-order valence-electron chi connectivity index (χ1n) is 5.95. The molecule has 8 nitrogen and oxygen atoms in total. The highest BCUT2D eigenvalue weighted by atomic mass is 32.2. The van der Waals surface area contributed by atoms with E-state index in [0.29, 0.717) is 12.1 Å². The van der Waals surface area contributed by atoms with Crippen LogP contribution in [0, 0.1) is 0 Å². The summed E-state index contributed by atoms with van der Waals surface area (Å²) < 4.78 is 25.5. The number of rotatable bonds is 7. The number of aromatic nitrogens is 2. The summed E-state index contributed by atoms with van der Waals surface area (Å²) in [5.41, 5.74) is 0.485. The zero-order chi connectivity index (χ0) is 15.3. The molecule has 112 valence electrons. The molecule has 0 aliphatic rings. The van der Waals surface area contributed by atoms with Gasteiger partial charge in [-0.1, -0.05) is 0 Å². The average molecular weight is 303 g/mol. The van der Waals surface area contributed by atoms with E-state index in [1.54, 1.807) is 10.9 Å². The van der Waals surface area contributed by atoms with Gasteiger partial charge in [0.1, 0.15) is 6.04 Å². The van der Waals surface area contributed by atoms with E-state index in [1.807, 2.05) is 6.92 Å². The van der Waals surface area contributed by atoms with Crippen LogP contribution in [0.3, 0.4) is 0 Å². The summed E-state index contributed by atoms with van der Waals surface area (Å²) in [6.45, 7) is 3.61. The number of hydrogen-bond acceptors (Lipinski definition) is 5. The third kappa shape index (κ3) is 5.00. The fraction of sp³-hybridized carbons (Fsp3) is 0.545. The molecule has 0 saturated carbocycles. The van der Waals surface area contributed by atoms with E-state index < -0.39 is 33.5 Å². The number of carbonyl (C=O) groups is 2. The highest BCUT2D eigenvalue weighted by Gasteiger charge is 2.26. The van der Waals surface area contributed by atoms with Crippen molar-refractivity contribution in [3.8, 4) is 0 Å². The van der Waals surface area contributed by atoms with Crippen LogP contribution in [0.2, 0.25) is 0 Å². The second-order valence-corrected chi connectivity index (χ2v) is 6.46. The van der Waals surface area contributed by atoms with Crippen molar-refractivity contribution in [1.29, 1.82) is 0 Å². The Kier molecular flexibility index (Phi) is 5.26. The Morgan fingerprint density at radius 3 is 2.60 bits per heavy atom. The van der Waals surface area contributed by atoms with E-state index >= 15 is 0 Å². The number of nitrogens with zero attached hydrogens (tertiary/aromatic N) is 2. The van der Waals surface area contributed by atoms with Crippen LogP contribution in [-0.4, -0.2) is 47.0 Å². The summed E-state index contributed by atoms with van der Waals surface area (Å²) >= 11 is 0. The minimum atomic E-state index is -3.67. The number of nitrogens with one attached hydrogen (secondary N) is 1. The summed E-state index contributed by atoms with van der Waals surface area (Å²) in [5, 5.41) is 14.9. The SMILES string of the molecule is CCn1cc(CS(=O)(=O)C[C@H](NC(C)=O)C(=O)O)cn1. The molecule has 0 unspecified atom stereocenters. The van der Waals surface area contributed by atoms with Gasteiger partial charge in [0.15, 0.2) is 9.84 Å². The van der Waals surface area contributed by atoms with Gasteiger partial charge in [-0.2, -0.15) is 5.10 Å². The Labute approximate surface area is 116 Å². The van der Waals surface area contributed by atoms with Crippen molar-refractivity contribution in [1.82, 2.24) is 15.1 Å². The van der Waals surface area contributed by atoms with Crippen molar-refractivity contribution in [2.75, 3.05) is 5.75 Å². The highest BCUT2D eigenvalue weighted by molar-refractivity contribution is 7.90. The molecule has 0 spiro atoms. The topological polar surface area (TPSA) is 118 Å². The van der Waals surface area contributed by atoms with Crippen molar-refractivity contribution in [2.45, 2.75) is 32.2 Å². The van der Waals surface area contributed by atoms with Crippen LogP contribution in [0.4, 0.5) is 0 Å². The molecule has 0 radical (unpaired) electrons. The van der Waals surface area contributed by atoms with Crippen molar-refractivity contribution >= 4 is 21.7 Å². The maximum atomic E-state index is 11.9. The molecule has 1 aromatic heterocycles. The smallest absolute Gasteiger partial charge is 0.327 e. The Hall–Kier alpha value is -1.90. The van der Waals surface area contributed by atoms with Gasteiger partial charge in [-0.15, -0.1) is 0 Å². The maximum absolute atomic E-state index is 11.9. The summed E-state index contributed by atoms with van der Waals surface area (Å²) in [5.74, 6) is -2.94. The van der Waals surface area contributed by atoms with Crippen LogP contribution in [-0.2, 0) is 31.7 Å². The molecule has 0 aliphatic heterocycles. The van der Waals surface area contributed by atoms with E-state index in [-0.39, 0.29) is 5.75 Å². The number of carboxylic acid groups (broad SMARTS) is 1. The quantitative estimate of drug-likeness (QED) is 0.695. The Morgan fingerprint density at radius 2 is 2.15 bits per heavy atom. The molecule has 20 heavy (non-hydrogen) atoms. The van der Waals surface area contributed by atoms with Crippen molar-refractivity contribution in [2.24, 2.45) is 0 Å². The molecule has 0 fully saturated rings. The average Bonchev–Trinajstić information content (AvgIpc) is 2.73. The first-order valence-corrected chi connectivity index (χ1v) is 7.77. The van der Waals surface area contributed by atoms with Gasteiger partial charge in [-0.25, -0.2) is 13.2 Å². The lowest BCUT2D eigenvalue weighted by Gasteiger charge is -2.13. The van der Waals surface area contributed by atoms with E-state index in [0.717, 1.165) is 6.92 Å². The predicted molar refractivity (Wildman–Crippen MR) is 70.6 cm³/mol. The molecular weight excluding hydrogens is 286 g/mol. The van der Waals surface area contributed by atoms with Crippen molar-refractivity contribution in [3.05, 3.63) is 18.0 Å². The molecule has 1 aromatic rings. The number of carbonyl (C=O) groups excluding carboxylic acids is 1. The zero-order valence-electron chi connectivity index (χ0n) is 11.2. The number of carboxylic acids is 1. The number of aryl methyl sites for hydroxylation is 1. The van der Waals surface area contributed by atoms with Crippen LogP contribution in [0.1, 0.15) is 19.4 Å². The van der Waals surface area contributed by atoms with Gasteiger partial charge in [0.2, 0.25) is 5.91 Å². The molecular formula is C11H17N3O5S. The van der Waals surface area contributed by atoms with Crippen molar-refractivity contribution < 1.29 is 23.1 Å². The Bertz CT molecular complexity index is 593. The first kappa shape index (κ1) is 16.2. The van der Waals surface area contributed by atoms with Gasteiger partial charge in [0.25, 0.3) is 0 Å². The second-order valence-electron chi connectivity index (χ2n) is 4.35. The lowest BCUT2D eigenvalue weighted by atomic mass is 10.3. The third-order valence-corrected chi connectivity index (χ3v) is 4.11. The number of hydrogen-bond donors (Lipinski definition) is 2. The first-order chi connectivity index (χ1) is 9.23. The molecule has 0 saturated heterocycles. The summed E-state index contributed by atoms with van der Waals surface area (Å²) in [4.78, 5) is 21.8. The zero-order valence-corrected chi connectivity index (χ0v) is 12.1. The normalized spacial score (nSPS) is 12.9. The standard InChI is InChI=1S/C11H17N3O5S/c1-3-14-5-9(4-12-14)6-20(18,19)7-10(11(16)17)13-8(2)15/h4-5,10H,3,6-7H2,1-2H3,(H,13,15)(H,16,17)/t10-/m0/s1. The minimum absolute atomic E-state index is 0.309. The van der Waals surface area contributed by atoms with E-state index in [4.69, 9.17) is 5.11 Å². The van der Waals surface area contributed by atoms with E-state index in [1.165, 1.54) is 6.20 Å². The molecule has 1 amide bonds. The Morgan fingerprint density at radius 1 is 1.50 bits per heavy atom. The molecule has 0 bridgehead atoms. The van der Waals surface area contributed by atoms with Crippen LogP contribution in [0.15, 0.2) is 12.4 Å². The van der Waals surface area contributed by atoms with Crippen LogP contribution in [0.25, 0.3) is 0 Å². The fourth-order valence-electron chi connectivity index (χ4n) is 1.64. The summed E-state index contributed by atoms with van der Waals surface area (Å²) in [6, 6.07) is -1.45. The molecule has 1 atom stereocenters. The number of sulfone groups is 1. The van der Waals surface area contributed by atoms with Gasteiger partial charge in [0.05, 0.1) is 17.7 Å². The van der Waals surface area contributed by atoms with Gasteiger partial charge < -0.3 is 10.4 Å². The van der Waals surface area contributed by atoms with Crippen molar-refractivity contribution in [3.63, 3.8) is 0 Å². The molecule has 1 rings (SSSR count). The van der Waals surface area contributed by atoms with Crippen LogP contribution in [0.5, 0.6) is 0 Å². The predicted octanol–water partition coefficient (Wildman–Crippen LogP) is -0.593. The minimum Gasteiger partial charge on any atom is -0.480 e. The Balaban J connectivity index is 2.77. The summed E-state index contributed by atoms with van der Waals surface area (Å²) in [6.07, 6.45) is 3.01. The lowest BCUT2D eigenvalue weighted by molar-refractivity contribution is -0.140. The highest BCUT2D eigenvalue weighted by Crippen LogP contribution is 2.07. The largest absolute Gasteiger partial charge is 0.480 e. The summed E-state index contributed by atoms with van der Waals surface area (Å²) in [7, 11) is -3.67. The van der Waals surface area contributed by atoms with Gasteiger partial charge >= 0.3 is 5.97 Å².